The number of ether oxygens (including phenoxy) is 4. The largest absolute Gasteiger partial charge is 0.405 e. The Morgan fingerprint density at radius 2 is 0.857 bits per heavy atom. The van der Waals surface area contributed by atoms with E-state index in [9.17, 15) is 0 Å². The van der Waals surface area contributed by atoms with Crippen LogP contribution in [0.15, 0.2) is 152 Å². The first kappa shape index (κ1) is 35.0. The molecule has 5 nitrogen and oxygen atoms in total. The highest BCUT2D eigenvalue weighted by Gasteiger charge is 2.53. The molecule has 0 amide bonds. The van der Waals surface area contributed by atoms with E-state index in [1.54, 1.807) is 0 Å². The third-order valence-corrected chi connectivity index (χ3v) is 14.3. The molecule has 1 heterocycles. The molecule has 1 aliphatic rings. The van der Waals surface area contributed by atoms with Crippen molar-refractivity contribution in [2.24, 2.45) is 0 Å². The van der Waals surface area contributed by atoms with Crippen molar-refractivity contribution in [3.8, 4) is 0 Å². The average molecular weight is 673 g/mol. The monoisotopic (exact) mass is 672 g/mol. The quantitative estimate of drug-likeness (QED) is 0.107. The second-order valence-electron chi connectivity index (χ2n) is 13.7. The van der Waals surface area contributed by atoms with E-state index in [1.807, 2.05) is 54.6 Å². The minimum Gasteiger partial charge on any atom is -0.405 e. The second kappa shape index (κ2) is 16.7. The molecule has 1 saturated heterocycles. The molecular weight excluding hydrogens is 625 g/mol. The number of hydrogen-bond acceptors (Lipinski definition) is 5. The summed E-state index contributed by atoms with van der Waals surface area (Å²) in [5.41, 5.74) is 3.31. The van der Waals surface area contributed by atoms with Crippen LogP contribution in [-0.2, 0) is 43.2 Å². The van der Waals surface area contributed by atoms with E-state index in [2.05, 4.69) is 118 Å². The lowest BCUT2D eigenvalue weighted by Crippen LogP contribution is -2.67. The maximum atomic E-state index is 7.40. The van der Waals surface area contributed by atoms with Gasteiger partial charge in [-0.15, -0.1) is 0 Å². The Morgan fingerprint density at radius 1 is 0.490 bits per heavy atom. The summed E-state index contributed by atoms with van der Waals surface area (Å²) in [4.78, 5) is 0. The predicted octanol–water partition coefficient (Wildman–Crippen LogP) is 7.72. The minimum absolute atomic E-state index is 0.171. The van der Waals surface area contributed by atoms with Gasteiger partial charge in [-0.2, -0.15) is 0 Å². The molecule has 0 unspecified atom stereocenters. The molecular formula is C43H48O5Si. The standard InChI is InChI=1S/C43H48O5Si/c1-43(2,3)49(37-25-15-7-16-26-37,38-27-17-8-18-28-38)47-33-40-42(46-31-36-23-13-6-14-24-36)41(45-30-35-21-11-5-12-22-35)39(48-40)32-44-29-34-19-9-4-10-20-34/h4-28,39-42H,29-33H2,1-3H3/t39-,40-,41+,42+/m0/s1. The zero-order valence-corrected chi connectivity index (χ0v) is 29.8. The topological polar surface area (TPSA) is 46.2 Å². The van der Waals surface area contributed by atoms with Gasteiger partial charge in [0.1, 0.15) is 24.4 Å². The van der Waals surface area contributed by atoms with Crippen LogP contribution < -0.4 is 10.4 Å². The van der Waals surface area contributed by atoms with Gasteiger partial charge in [-0.25, -0.2) is 0 Å². The van der Waals surface area contributed by atoms with Crippen molar-refractivity contribution < 1.29 is 23.4 Å². The molecule has 0 N–H and O–H groups in total. The normalized spacial score (nSPS) is 19.6. The number of rotatable bonds is 15. The van der Waals surface area contributed by atoms with Crippen LogP contribution in [0.2, 0.25) is 5.04 Å². The van der Waals surface area contributed by atoms with Gasteiger partial charge < -0.3 is 23.4 Å². The summed E-state index contributed by atoms with van der Waals surface area (Å²) < 4.78 is 34.1. The van der Waals surface area contributed by atoms with Gasteiger partial charge in [-0.1, -0.05) is 172 Å². The maximum absolute atomic E-state index is 7.40. The molecule has 0 radical (unpaired) electrons. The molecule has 0 aromatic heterocycles. The fourth-order valence-corrected chi connectivity index (χ4v) is 11.4. The van der Waals surface area contributed by atoms with Crippen molar-refractivity contribution in [1.82, 2.24) is 0 Å². The van der Waals surface area contributed by atoms with Gasteiger partial charge in [0.05, 0.1) is 33.0 Å². The summed E-state index contributed by atoms with van der Waals surface area (Å²) in [6, 6.07) is 52.2. The van der Waals surface area contributed by atoms with E-state index >= 15 is 0 Å². The first-order chi connectivity index (χ1) is 23.9. The Morgan fingerprint density at radius 3 is 1.27 bits per heavy atom. The average Bonchev–Trinajstić information content (AvgIpc) is 3.47. The summed E-state index contributed by atoms with van der Waals surface area (Å²) in [7, 11) is -2.83. The fraction of sp³-hybridized carbons (Fsp3) is 0.302. The highest BCUT2D eigenvalue weighted by Crippen LogP contribution is 2.38. The van der Waals surface area contributed by atoms with Gasteiger partial charge in [0, 0.05) is 0 Å². The summed E-state index contributed by atoms with van der Waals surface area (Å²) in [6.45, 7) is 8.98. The molecule has 5 aromatic carbocycles. The summed E-state index contributed by atoms with van der Waals surface area (Å²) in [5, 5.41) is 2.29. The summed E-state index contributed by atoms with van der Waals surface area (Å²) in [5.74, 6) is 0. The molecule has 254 valence electrons. The second-order valence-corrected chi connectivity index (χ2v) is 18.0. The van der Waals surface area contributed by atoms with Crippen LogP contribution in [0.25, 0.3) is 0 Å². The highest BCUT2D eigenvalue weighted by atomic mass is 28.4. The highest BCUT2D eigenvalue weighted by molar-refractivity contribution is 6.99. The first-order valence-electron chi connectivity index (χ1n) is 17.3. The fourth-order valence-electron chi connectivity index (χ4n) is 6.84. The van der Waals surface area contributed by atoms with E-state index < -0.39 is 8.32 Å². The molecule has 0 aliphatic carbocycles. The van der Waals surface area contributed by atoms with Crippen molar-refractivity contribution in [2.75, 3.05) is 13.2 Å². The van der Waals surface area contributed by atoms with Crippen molar-refractivity contribution >= 4 is 18.7 Å². The van der Waals surface area contributed by atoms with Crippen LogP contribution in [-0.4, -0.2) is 45.9 Å². The maximum Gasteiger partial charge on any atom is 0.261 e. The Hall–Kier alpha value is -3.88. The SMILES string of the molecule is CC(C)(C)[Si](OC[C@@H]1O[C@@H](COCc2ccccc2)[C@@H](OCc2ccccc2)[C@@H]1OCc1ccccc1)(c1ccccc1)c1ccccc1. The van der Waals surface area contributed by atoms with Crippen molar-refractivity contribution in [2.45, 2.75) is 70.0 Å². The van der Waals surface area contributed by atoms with Crippen molar-refractivity contribution in [1.29, 1.82) is 0 Å². The number of benzene rings is 5. The molecule has 0 spiro atoms. The summed E-state index contributed by atoms with van der Waals surface area (Å²) in [6.07, 6.45) is -1.47. The van der Waals surface area contributed by atoms with Crippen LogP contribution in [0.4, 0.5) is 0 Å². The zero-order chi connectivity index (χ0) is 33.9. The first-order valence-corrected chi connectivity index (χ1v) is 19.2. The van der Waals surface area contributed by atoms with Gasteiger partial charge in [0.25, 0.3) is 8.32 Å². The van der Waals surface area contributed by atoms with Crippen LogP contribution in [0.3, 0.4) is 0 Å². The molecule has 4 atom stereocenters. The molecule has 0 bridgehead atoms. The van der Waals surface area contributed by atoms with Crippen LogP contribution in [0.1, 0.15) is 37.5 Å². The molecule has 49 heavy (non-hydrogen) atoms. The predicted molar refractivity (Wildman–Crippen MR) is 198 cm³/mol. The minimum atomic E-state index is -2.83. The molecule has 0 saturated carbocycles. The molecule has 5 aromatic rings. The molecule has 1 aliphatic heterocycles. The Balaban J connectivity index is 1.31. The van der Waals surface area contributed by atoms with Gasteiger partial charge in [-0.3, -0.25) is 0 Å². The molecule has 1 fully saturated rings. The Kier molecular flexibility index (Phi) is 11.9. The van der Waals surface area contributed by atoms with Gasteiger partial charge >= 0.3 is 0 Å². The Labute approximate surface area is 292 Å². The van der Waals surface area contributed by atoms with E-state index in [0.717, 1.165) is 16.7 Å². The number of hydrogen-bond donors (Lipinski definition) is 0. The zero-order valence-electron chi connectivity index (χ0n) is 28.8. The van der Waals surface area contributed by atoms with Crippen molar-refractivity contribution in [3.63, 3.8) is 0 Å². The lowest BCUT2D eigenvalue weighted by Gasteiger charge is -2.43. The van der Waals surface area contributed by atoms with Gasteiger partial charge in [0.15, 0.2) is 0 Å². The lowest BCUT2D eigenvalue weighted by molar-refractivity contribution is -0.0901. The van der Waals surface area contributed by atoms with Crippen LogP contribution in [0.5, 0.6) is 0 Å². The third-order valence-electron chi connectivity index (χ3n) is 9.25. The third kappa shape index (κ3) is 8.65. The van der Waals surface area contributed by atoms with Crippen LogP contribution >= 0.6 is 0 Å². The molecule has 6 heteroatoms. The van der Waals surface area contributed by atoms with Gasteiger partial charge in [-0.05, 0) is 32.1 Å². The van der Waals surface area contributed by atoms with E-state index in [1.165, 1.54) is 10.4 Å². The van der Waals surface area contributed by atoms with Crippen molar-refractivity contribution in [3.05, 3.63) is 168 Å². The van der Waals surface area contributed by atoms with Gasteiger partial charge in [0.2, 0.25) is 0 Å². The van der Waals surface area contributed by atoms with E-state index in [0.29, 0.717) is 33.0 Å². The summed E-state index contributed by atoms with van der Waals surface area (Å²) >= 11 is 0. The Bertz CT molecular complexity index is 1620. The van der Waals surface area contributed by atoms with E-state index in [-0.39, 0.29) is 29.5 Å². The molecule has 6 rings (SSSR count). The van der Waals surface area contributed by atoms with E-state index in [4.69, 9.17) is 23.4 Å². The van der Waals surface area contributed by atoms with Crippen LogP contribution in [0, 0.1) is 0 Å². The lowest BCUT2D eigenvalue weighted by atomic mass is 10.1. The smallest absolute Gasteiger partial charge is 0.261 e.